The van der Waals surface area contributed by atoms with Crippen molar-refractivity contribution in [2.75, 3.05) is 7.05 Å². The van der Waals surface area contributed by atoms with Gasteiger partial charge < -0.3 is 0 Å². The Kier molecular flexibility index (Phi) is 4.84. The zero-order valence-corrected chi connectivity index (χ0v) is 9.41. The molecule has 0 aliphatic rings. The molecule has 1 rings (SSSR count). The molecule has 0 fully saturated rings. The van der Waals surface area contributed by atoms with Gasteiger partial charge in [0.2, 0.25) is 5.78 Å². The van der Waals surface area contributed by atoms with Crippen LogP contribution in [-0.2, 0) is 9.59 Å². The van der Waals surface area contributed by atoms with Crippen LogP contribution in [0.1, 0.15) is 5.56 Å². The van der Waals surface area contributed by atoms with Crippen LogP contribution in [0, 0.1) is 0 Å². The predicted octanol–water partition coefficient (Wildman–Crippen LogP) is 1.67. The van der Waals surface area contributed by atoms with Crippen LogP contribution in [0.4, 0.5) is 0 Å². The Morgan fingerprint density at radius 3 is 2.41 bits per heavy atom. The van der Waals surface area contributed by atoms with Gasteiger partial charge in [0.15, 0.2) is 0 Å². The number of carbonyl (C=O) groups is 2. The van der Waals surface area contributed by atoms with Crippen molar-refractivity contribution >= 4 is 17.8 Å². The maximum atomic E-state index is 11.1. The van der Waals surface area contributed by atoms with Crippen LogP contribution >= 0.6 is 0 Å². The fourth-order valence-corrected chi connectivity index (χ4v) is 1.10. The van der Waals surface area contributed by atoms with Gasteiger partial charge in [-0.2, -0.15) is 0 Å². The van der Waals surface area contributed by atoms with Gasteiger partial charge >= 0.3 is 5.91 Å². The predicted molar refractivity (Wildman–Crippen MR) is 64.2 cm³/mol. The summed E-state index contributed by atoms with van der Waals surface area (Å²) in [5.41, 5.74) is 0.996. The molecule has 0 heterocycles. The fraction of sp³-hybridized carbons (Fsp3) is 0.0769. The van der Waals surface area contributed by atoms with E-state index in [1.807, 2.05) is 30.3 Å². The molecule has 0 saturated carbocycles. The fourth-order valence-electron chi connectivity index (χ4n) is 1.10. The molecule has 0 aliphatic carbocycles. The second-order valence-corrected chi connectivity index (χ2v) is 3.32. The number of carbonyl (C=O) groups excluding carboxylic acids is 2. The second-order valence-electron chi connectivity index (χ2n) is 3.32. The second kappa shape index (κ2) is 6.40. The van der Waals surface area contributed by atoms with Crippen molar-refractivity contribution in [2.45, 2.75) is 0 Å². The van der Waals surface area contributed by atoms with Crippen molar-refractivity contribution in [2.24, 2.45) is 0 Å². The normalized spacial score (nSPS) is 10.9. The van der Waals surface area contributed by atoms with Crippen molar-refractivity contribution in [3.05, 3.63) is 54.1 Å². The number of hydrogen-bond donors (Lipinski definition) is 1. The molecule has 0 radical (unpaired) electrons. The number of amides is 1. The van der Waals surface area contributed by atoms with Crippen molar-refractivity contribution in [1.82, 2.24) is 5.06 Å². The molecule has 0 unspecified atom stereocenters. The number of hydroxylamine groups is 2. The largest absolute Gasteiger partial charge is 0.317 e. The molecule has 1 amide bonds. The molecule has 0 aromatic heterocycles. The lowest BCUT2D eigenvalue weighted by Crippen LogP contribution is -2.28. The maximum absolute atomic E-state index is 11.1. The third-order valence-corrected chi connectivity index (χ3v) is 1.95. The number of hydrogen-bond acceptors (Lipinski definition) is 3. The van der Waals surface area contributed by atoms with E-state index in [1.54, 1.807) is 12.2 Å². The van der Waals surface area contributed by atoms with Gasteiger partial charge in [-0.25, -0.2) is 5.06 Å². The molecular weight excluding hydrogens is 218 g/mol. The standard InChI is InChI=1S/C13H13NO3/c1-14(17)13(16)12(15)10-6-5-9-11-7-3-2-4-8-11/h2-10,17H,1H3/b9-5+,10-6+. The summed E-state index contributed by atoms with van der Waals surface area (Å²) in [5.74, 6) is -1.73. The summed E-state index contributed by atoms with van der Waals surface area (Å²) in [4.78, 5) is 22.1. The average Bonchev–Trinajstić information content (AvgIpc) is 2.34. The minimum absolute atomic E-state index is 0.258. The lowest BCUT2D eigenvalue weighted by atomic mass is 10.2. The van der Waals surface area contributed by atoms with Gasteiger partial charge in [-0.15, -0.1) is 0 Å². The number of allylic oxidation sites excluding steroid dienone is 2. The van der Waals surface area contributed by atoms with E-state index in [0.29, 0.717) is 0 Å². The summed E-state index contributed by atoms with van der Waals surface area (Å²) in [7, 11) is 1.11. The zero-order valence-electron chi connectivity index (χ0n) is 9.41. The molecule has 1 N–H and O–H groups in total. The first-order valence-electron chi connectivity index (χ1n) is 5.02. The molecule has 17 heavy (non-hydrogen) atoms. The van der Waals surface area contributed by atoms with E-state index in [9.17, 15) is 9.59 Å². The summed E-state index contributed by atoms with van der Waals surface area (Å²) in [5, 5.41) is 8.99. The van der Waals surface area contributed by atoms with E-state index in [-0.39, 0.29) is 5.06 Å². The van der Waals surface area contributed by atoms with Crippen molar-refractivity contribution in [3.63, 3.8) is 0 Å². The summed E-state index contributed by atoms with van der Waals surface area (Å²) in [6, 6.07) is 9.54. The Morgan fingerprint density at radius 1 is 1.18 bits per heavy atom. The third-order valence-electron chi connectivity index (χ3n) is 1.95. The van der Waals surface area contributed by atoms with Crippen LogP contribution in [-0.4, -0.2) is 29.0 Å². The van der Waals surface area contributed by atoms with E-state index < -0.39 is 11.7 Å². The molecule has 0 aliphatic heterocycles. The Balaban J connectivity index is 2.54. The monoisotopic (exact) mass is 231 g/mol. The van der Waals surface area contributed by atoms with Gasteiger partial charge in [-0.3, -0.25) is 14.8 Å². The topological polar surface area (TPSA) is 57.6 Å². The van der Waals surface area contributed by atoms with E-state index in [1.165, 1.54) is 6.08 Å². The zero-order chi connectivity index (χ0) is 12.7. The van der Waals surface area contributed by atoms with Gasteiger partial charge in [0.25, 0.3) is 0 Å². The molecule has 0 saturated heterocycles. The van der Waals surface area contributed by atoms with Crippen LogP contribution in [0.2, 0.25) is 0 Å². The van der Waals surface area contributed by atoms with Crippen LogP contribution in [0.3, 0.4) is 0 Å². The van der Waals surface area contributed by atoms with Crippen LogP contribution < -0.4 is 0 Å². The highest BCUT2D eigenvalue weighted by molar-refractivity contribution is 6.40. The van der Waals surface area contributed by atoms with Gasteiger partial charge in [0, 0.05) is 7.05 Å². The Labute approximate surface area is 99.4 Å². The maximum Gasteiger partial charge on any atom is 0.317 e. The van der Waals surface area contributed by atoms with Gasteiger partial charge in [0.05, 0.1) is 0 Å². The molecule has 88 valence electrons. The van der Waals surface area contributed by atoms with Gasteiger partial charge in [-0.1, -0.05) is 48.6 Å². The summed E-state index contributed by atoms with van der Waals surface area (Å²) >= 11 is 0. The van der Waals surface area contributed by atoms with Crippen LogP contribution in [0.5, 0.6) is 0 Å². The number of likely N-dealkylation sites (N-methyl/N-ethyl adjacent to an activating group) is 1. The number of ketones is 1. The first kappa shape index (κ1) is 12.9. The van der Waals surface area contributed by atoms with E-state index in [0.717, 1.165) is 18.7 Å². The molecule has 1 aromatic carbocycles. The lowest BCUT2D eigenvalue weighted by Gasteiger charge is -2.03. The summed E-state index contributed by atoms with van der Waals surface area (Å²) in [6.45, 7) is 0. The quantitative estimate of drug-likeness (QED) is 0.282. The van der Waals surface area contributed by atoms with Crippen LogP contribution in [0.25, 0.3) is 6.08 Å². The summed E-state index contributed by atoms with van der Waals surface area (Å²) < 4.78 is 0. The highest BCUT2D eigenvalue weighted by Gasteiger charge is 2.12. The first-order valence-corrected chi connectivity index (χ1v) is 5.02. The van der Waals surface area contributed by atoms with E-state index >= 15 is 0 Å². The molecule has 4 heteroatoms. The molecular formula is C13H13NO3. The molecule has 0 spiro atoms. The average molecular weight is 231 g/mol. The van der Waals surface area contributed by atoms with Crippen molar-refractivity contribution in [3.8, 4) is 0 Å². The van der Waals surface area contributed by atoms with Crippen LogP contribution in [0.15, 0.2) is 48.6 Å². The molecule has 4 nitrogen and oxygen atoms in total. The Bertz CT molecular complexity index is 447. The van der Waals surface area contributed by atoms with Crippen molar-refractivity contribution in [1.29, 1.82) is 0 Å². The SMILES string of the molecule is CN(O)C(=O)C(=O)/C=C/C=C/c1ccccc1. The first-order chi connectivity index (χ1) is 8.11. The van der Waals surface area contributed by atoms with E-state index in [4.69, 9.17) is 5.21 Å². The van der Waals surface area contributed by atoms with Gasteiger partial charge in [-0.05, 0) is 11.6 Å². The molecule has 1 aromatic rings. The number of nitrogens with zero attached hydrogens (tertiary/aromatic N) is 1. The smallest absolute Gasteiger partial charge is 0.286 e. The Hall–Kier alpha value is -2.20. The van der Waals surface area contributed by atoms with Gasteiger partial charge in [0.1, 0.15) is 0 Å². The minimum Gasteiger partial charge on any atom is -0.286 e. The number of rotatable bonds is 4. The molecule has 0 bridgehead atoms. The van der Waals surface area contributed by atoms with E-state index in [2.05, 4.69) is 0 Å². The minimum atomic E-state index is -0.964. The number of benzene rings is 1. The lowest BCUT2D eigenvalue weighted by molar-refractivity contribution is -0.163. The molecule has 0 atom stereocenters. The highest BCUT2D eigenvalue weighted by Crippen LogP contribution is 2.00. The summed E-state index contributed by atoms with van der Waals surface area (Å²) in [6.07, 6.45) is 6.01. The van der Waals surface area contributed by atoms with Crippen molar-refractivity contribution < 1.29 is 14.8 Å². The third kappa shape index (κ3) is 4.44. The Morgan fingerprint density at radius 2 is 1.82 bits per heavy atom. The highest BCUT2D eigenvalue weighted by atomic mass is 16.5.